The summed E-state index contributed by atoms with van der Waals surface area (Å²) >= 11 is 5.91. The highest BCUT2D eigenvalue weighted by Gasteiger charge is 2.02. The molecule has 0 fully saturated rings. The quantitative estimate of drug-likeness (QED) is 0.778. The Balaban J connectivity index is 2.65. The molecule has 1 N–H and O–H groups in total. The van der Waals surface area contributed by atoms with Crippen LogP contribution in [0.4, 0.5) is 0 Å². The summed E-state index contributed by atoms with van der Waals surface area (Å²) in [6.07, 6.45) is 0. The predicted octanol–water partition coefficient (Wildman–Crippen LogP) is 3.01. The fourth-order valence-electron chi connectivity index (χ4n) is 1.30. The van der Waals surface area contributed by atoms with E-state index < -0.39 is 0 Å². The molecule has 0 amide bonds. The van der Waals surface area contributed by atoms with Crippen molar-refractivity contribution in [1.29, 1.82) is 0 Å². The van der Waals surface area contributed by atoms with Crippen molar-refractivity contribution < 1.29 is 4.74 Å². The molecular weight excluding hydrogens is 210 g/mol. The van der Waals surface area contributed by atoms with Crippen LogP contribution in [0, 0.1) is 0 Å². The number of ether oxygens (including phenoxy) is 1. The Morgan fingerprint density at radius 2 is 2.27 bits per heavy atom. The highest BCUT2D eigenvalue weighted by atomic mass is 35.5. The summed E-state index contributed by atoms with van der Waals surface area (Å²) in [5, 5.41) is 3.99. The van der Waals surface area contributed by atoms with Gasteiger partial charge >= 0.3 is 0 Å². The Kier molecular flexibility index (Phi) is 4.66. The molecule has 1 rings (SSSR count). The fourth-order valence-corrected chi connectivity index (χ4v) is 1.49. The lowest BCUT2D eigenvalue weighted by Gasteiger charge is -2.09. The second-order valence-electron chi connectivity index (χ2n) is 3.52. The molecule has 0 aliphatic heterocycles. The van der Waals surface area contributed by atoms with Gasteiger partial charge in [-0.15, -0.1) is 0 Å². The lowest BCUT2D eigenvalue weighted by molar-refractivity contribution is 0.408. The molecular formula is C12H16ClNO. The number of rotatable bonds is 5. The summed E-state index contributed by atoms with van der Waals surface area (Å²) in [4.78, 5) is 0. The van der Waals surface area contributed by atoms with E-state index in [-0.39, 0.29) is 0 Å². The summed E-state index contributed by atoms with van der Waals surface area (Å²) in [6, 6.07) is 5.61. The molecule has 0 atom stereocenters. The maximum atomic E-state index is 5.91. The molecule has 0 saturated heterocycles. The van der Waals surface area contributed by atoms with Crippen molar-refractivity contribution >= 4 is 11.6 Å². The van der Waals surface area contributed by atoms with Crippen LogP contribution in [0.15, 0.2) is 30.4 Å². The van der Waals surface area contributed by atoms with Gasteiger partial charge in [-0.2, -0.15) is 0 Å². The third kappa shape index (κ3) is 3.94. The largest absolute Gasteiger partial charge is 0.496 e. The summed E-state index contributed by atoms with van der Waals surface area (Å²) in [5.41, 5.74) is 2.17. The zero-order valence-electron chi connectivity index (χ0n) is 9.14. The fraction of sp³-hybridized carbons (Fsp3) is 0.333. The molecule has 0 aliphatic rings. The standard InChI is InChI=1S/C12H16ClNO/c1-9(2)7-14-8-10-6-11(13)4-5-12(10)15-3/h4-6,14H,1,7-8H2,2-3H3. The third-order valence-electron chi connectivity index (χ3n) is 1.98. The van der Waals surface area contributed by atoms with Crippen molar-refractivity contribution in [2.45, 2.75) is 13.5 Å². The molecule has 0 heterocycles. The molecule has 1 aromatic rings. The zero-order chi connectivity index (χ0) is 11.3. The van der Waals surface area contributed by atoms with Crippen molar-refractivity contribution in [1.82, 2.24) is 5.32 Å². The highest BCUT2D eigenvalue weighted by molar-refractivity contribution is 6.30. The zero-order valence-corrected chi connectivity index (χ0v) is 9.90. The Morgan fingerprint density at radius 3 is 2.87 bits per heavy atom. The van der Waals surface area contributed by atoms with Gasteiger partial charge in [0.15, 0.2) is 0 Å². The Hall–Kier alpha value is -0.990. The van der Waals surface area contributed by atoms with Crippen molar-refractivity contribution in [2.24, 2.45) is 0 Å². The van der Waals surface area contributed by atoms with E-state index in [1.54, 1.807) is 7.11 Å². The molecule has 0 unspecified atom stereocenters. The lowest BCUT2D eigenvalue weighted by atomic mass is 10.2. The SMILES string of the molecule is C=C(C)CNCc1cc(Cl)ccc1OC. The second-order valence-corrected chi connectivity index (χ2v) is 3.95. The summed E-state index contributed by atoms with van der Waals surface area (Å²) in [5.74, 6) is 0.855. The molecule has 1 aromatic carbocycles. The topological polar surface area (TPSA) is 21.3 Å². The normalized spacial score (nSPS) is 10.1. The van der Waals surface area contributed by atoms with Crippen LogP contribution in [0.2, 0.25) is 5.02 Å². The molecule has 0 aliphatic carbocycles. The van der Waals surface area contributed by atoms with Gasteiger partial charge in [0.1, 0.15) is 5.75 Å². The molecule has 0 bridgehead atoms. The van der Waals surface area contributed by atoms with E-state index in [4.69, 9.17) is 16.3 Å². The molecule has 2 nitrogen and oxygen atoms in total. The maximum Gasteiger partial charge on any atom is 0.123 e. The molecule has 0 aromatic heterocycles. The van der Waals surface area contributed by atoms with Gasteiger partial charge < -0.3 is 10.1 Å². The van der Waals surface area contributed by atoms with E-state index >= 15 is 0 Å². The van der Waals surface area contributed by atoms with Gasteiger partial charge in [-0.05, 0) is 25.1 Å². The van der Waals surface area contributed by atoms with E-state index in [1.165, 1.54) is 0 Å². The van der Waals surface area contributed by atoms with Gasteiger partial charge in [0.05, 0.1) is 7.11 Å². The molecule has 82 valence electrons. The van der Waals surface area contributed by atoms with Crippen LogP contribution >= 0.6 is 11.6 Å². The highest BCUT2D eigenvalue weighted by Crippen LogP contribution is 2.22. The summed E-state index contributed by atoms with van der Waals surface area (Å²) < 4.78 is 5.24. The van der Waals surface area contributed by atoms with E-state index in [1.807, 2.05) is 25.1 Å². The molecule has 3 heteroatoms. The van der Waals surface area contributed by atoms with E-state index in [0.717, 1.165) is 35.0 Å². The molecule has 0 saturated carbocycles. The van der Waals surface area contributed by atoms with Gasteiger partial charge in [0.25, 0.3) is 0 Å². The molecule has 0 radical (unpaired) electrons. The third-order valence-corrected chi connectivity index (χ3v) is 2.22. The van der Waals surface area contributed by atoms with Gasteiger partial charge in [-0.3, -0.25) is 0 Å². The average molecular weight is 226 g/mol. The predicted molar refractivity (Wildman–Crippen MR) is 64.5 cm³/mol. The minimum atomic E-state index is 0.725. The first kappa shape index (κ1) is 12.1. The van der Waals surface area contributed by atoms with Gasteiger partial charge in [0, 0.05) is 23.7 Å². The van der Waals surface area contributed by atoms with Crippen molar-refractivity contribution in [3.63, 3.8) is 0 Å². The van der Waals surface area contributed by atoms with Crippen LogP contribution in [0.3, 0.4) is 0 Å². The minimum Gasteiger partial charge on any atom is -0.496 e. The number of hydrogen-bond acceptors (Lipinski definition) is 2. The van der Waals surface area contributed by atoms with Crippen LogP contribution in [0.25, 0.3) is 0 Å². The van der Waals surface area contributed by atoms with E-state index in [9.17, 15) is 0 Å². The average Bonchev–Trinajstić information content (AvgIpc) is 2.17. The van der Waals surface area contributed by atoms with Gasteiger partial charge in [0.2, 0.25) is 0 Å². The first-order valence-electron chi connectivity index (χ1n) is 4.81. The van der Waals surface area contributed by atoms with Crippen LogP contribution in [-0.4, -0.2) is 13.7 Å². The Bertz CT molecular complexity index is 349. The number of methoxy groups -OCH3 is 1. The van der Waals surface area contributed by atoms with Gasteiger partial charge in [-0.1, -0.05) is 23.8 Å². The number of nitrogens with one attached hydrogen (secondary N) is 1. The van der Waals surface area contributed by atoms with E-state index in [2.05, 4.69) is 11.9 Å². The van der Waals surface area contributed by atoms with Crippen LogP contribution in [0.5, 0.6) is 5.75 Å². The first-order valence-corrected chi connectivity index (χ1v) is 5.19. The minimum absolute atomic E-state index is 0.725. The number of halogens is 1. The molecule has 0 spiro atoms. The lowest BCUT2D eigenvalue weighted by Crippen LogP contribution is -2.15. The second kappa shape index (κ2) is 5.79. The number of hydrogen-bond donors (Lipinski definition) is 1. The Morgan fingerprint density at radius 1 is 1.53 bits per heavy atom. The smallest absolute Gasteiger partial charge is 0.123 e. The number of benzene rings is 1. The molecule has 15 heavy (non-hydrogen) atoms. The maximum absolute atomic E-state index is 5.91. The monoisotopic (exact) mass is 225 g/mol. The first-order chi connectivity index (χ1) is 7.13. The van der Waals surface area contributed by atoms with Gasteiger partial charge in [-0.25, -0.2) is 0 Å². The van der Waals surface area contributed by atoms with Crippen LogP contribution < -0.4 is 10.1 Å². The summed E-state index contributed by atoms with van der Waals surface area (Å²) in [6.45, 7) is 7.35. The Labute approximate surface area is 95.9 Å². The van der Waals surface area contributed by atoms with Crippen LogP contribution in [-0.2, 0) is 6.54 Å². The van der Waals surface area contributed by atoms with Crippen molar-refractivity contribution in [3.8, 4) is 5.75 Å². The van der Waals surface area contributed by atoms with Crippen molar-refractivity contribution in [3.05, 3.63) is 40.9 Å². The van der Waals surface area contributed by atoms with Crippen LogP contribution in [0.1, 0.15) is 12.5 Å². The summed E-state index contributed by atoms with van der Waals surface area (Å²) in [7, 11) is 1.66. The van der Waals surface area contributed by atoms with E-state index in [0.29, 0.717) is 0 Å². The van der Waals surface area contributed by atoms with Crippen molar-refractivity contribution in [2.75, 3.05) is 13.7 Å².